The minimum atomic E-state index is -0.691. The molecule has 0 aliphatic carbocycles. The lowest BCUT2D eigenvalue weighted by molar-refractivity contribution is -0.150. The highest BCUT2D eigenvalue weighted by molar-refractivity contribution is 5.81. The lowest BCUT2D eigenvalue weighted by Crippen LogP contribution is -2.26. The van der Waals surface area contributed by atoms with Crippen molar-refractivity contribution in [3.63, 3.8) is 0 Å². The van der Waals surface area contributed by atoms with Gasteiger partial charge in [0.1, 0.15) is 11.3 Å². The van der Waals surface area contributed by atoms with Gasteiger partial charge in [-0.25, -0.2) is 9.59 Å². The van der Waals surface area contributed by atoms with Crippen LogP contribution in [0.25, 0.3) is 11.0 Å². The molecule has 106 valence electrons. The maximum atomic E-state index is 11.5. The Kier molecular flexibility index (Phi) is 4.08. The molecule has 1 aromatic heterocycles. The first-order valence-corrected chi connectivity index (χ1v) is 6.39. The fourth-order valence-corrected chi connectivity index (χ4v) is 1.88. The largest absolute Gasteiger partial charge is 0.479 e. The van der Waals surface area contributed by atoms with E-state index in [1.807, 2.05) is 6.92 Å². The van der Waals surface area contributed by atoms with E-state index in [-0.39, 0.29) is 5.63 Å². The number of hydrogen-bond acceptors (Lipinski definition) is 5. The summed E-state index contributed by atoms with van der Waals surface area (Å²) in [5.74, 6) is 0.110. The molecule has 0 saturated heterocycles. The number of aryl methyl sites for hydroxylation is 1. The smallest absolute Gasteiger partial charge is 0.347 e. The van der Waals surface area contributed by atoms with E-state index in [2.05, 4.69) is 0 Å². The lowest BCUT2D eigenvalue weighted by atomic mass is 10.1. The Balaban J connectivity index is 2.28. The average Bonchev–Trinajstić information content (AvgIpc) is 2.39. The molecule has 0 aliphatic rings. The van der Waals surface area contributed by atoms with Gasteiger partial charge in [-0.2, -0.15) is 0 Å². The van der Waals surface area contributed by atoms with Gasteiger partial charge in [0.05, 0.1) is 6.61 Å². The maximum absolute atomic E-state index is 11.5. The SMILES string of the molecule is CCOC(=O)[C@@H](C)Oc1ccc2oc(=O)cc(C)c2c1. The summed E-state index contributed by atoms with van der Waals surface area (Å²) in [5.41, 5.74) is 0.903. The van der Waals surface area contributed by atoms with Gasteiger partial charge in [-0.15, -0.1) is 0 Å². The first-order chi connectivity index (χ1) is 9.51. The van der Waals surface area contributed by atoms with Gasteiger partial charge in [0, 0.05) is 11.5 Å². The van der Waals surface area contributed by atoms with Crippen LogP contribution in [-0.4, -0.2) is 18.7 Å². The van der Waals surface area contributed by atoms with Crippen LogP contribution in [0.2, 0.25) is 0 Å². The van der Waals surface area contributed by atoms with E-state index in [0.717, 1.165) is 10.9 Å². The van der Waals surface area contributed by atoms with Crippen LogP contribution in [0.3, 0.4) is 0 Å². The predicted molar refractivity (Wildman–Crippen MR) is 73.9 cm³/mol. The molecule has 0 aliphatic heterocycles. The van der Waals surface area contributed by atoms with Crippen LogP contribution in [0.5, 0.6) is 5.75 Å². The number of esters is 1. The molecule has 5 nitrogen and oxygen atoms in total. The molecule has 0 unspecified atom stereocenters. The minimum absolute atomic E-state index is 0.314. The molecule has 0 N–H and O–H groups in total. The normalized spacial score (nSPS) is 12.2. The molecule has 5 heteroatoms. The highest BCUT2D eigenvalue weighted by Gasteiger charge is 2.16. The lowest BCUT2D eigenvalue weighted by Gasteiger charge is -2.13. The summed E-state index contributed by atoms with van der Waals surface area (Å²) in [6.45, 7) is 5.50. The Hall–Kier alpha value is -2.30. The third kappa shape index (κ3) is 2.99. The monoisotopic (exact) mass is 276 g/mol. The number of ether oxygens (including phenoxy) is 2. The van der Waals surface area contributed by atoms with E-state index in [1.54, 1.807) is 32.0 Å². The molecule has 1 atom stereocenters. The van der Waals surface area contributed by atoms with E-state index in [4.69, 9.17) is 13.9 Å². The van der Waals surface area contributed by atoms with E-state index in [1.165, 1.54) is 6.07 Å². The van der Waals surface area contributed by atoms with Gasteiger partial charge in [0.15, 0.2) is 6.10 Å². The molecule has 2 rings (SSSR count). The van der Waals surface area contributed by atoms with Crippen molar-refractivity contribution in [2.75, 3.05) is 6.61 Å². The molecular formula is C15H16O5. The molecule has 20 heavy (non-hydrogen) atoms. The van der Waals surface area contributed by atoms with Gasteiger partial charge >= 0.3 is 11.6 Å². The first kappa shape index (κ1) is 14.1. The van der Waals surface area contributed by atoms with Crippen molar-refractivity contribution in [3.05, 3.63) is 40.2 Å². The molecule has 0 amide bonds. The summed E-state index contributed by atoms with van der Waals surface area (Å²) in [7, 11) is 0. The second kappa shape index (κ2) is 5.77. The number of hydrogen-bond donors (Lipinski definition) is 0. The molecule has 0 spiro atoms. The van der Waals surface area contributed by atoms with E-state index in [9.17, 15) is 9.59 Å². The van der Waals surface area contributed by atoms with E-state index in [0.29, 0.717) is 17.9 Å². The number of carbonyl (C=O) groups is 1. The van der Waals surface area contributed by atoms with Crippen molar-refractivity contribution in [2.24, 2.45) is 0 Å². The third-order valence-electron chi connectivity index (χ3n) is 2.85. The predicted octanol–water partition coefficient (Wildman–Crippen LogP) is 2.43. The quantitative estimate of drug-likeness (QED) is 0.634. The van der Waals surface area contributed by atoms with Gasteiger partial charge in [-0.05, 0) is 44.5 Å². The second-order valence-corrected chi connectivity index (χ2v) is 4.42. The fraction of sp³-hybridized carbons (Fsp3) is 0.333. The van der Waals surface area contributed by atoms with E-state index >= 15 is 0 Å². The number of rotatable bonds is 4. The van der Waals surface area contributed by atoms with Crippen LogP contribution >= 0.6 is 0 Å². The molecule has 0 saturated carbocycles. The van der Waals surface area contributed by atoms with Crippen molar-refractivity contribution in [1.29, 1.82) is 0 Å². The summed E-state index contributed by atoms with van der Waals surface area (Å²) in [4.78, 5) is 22.8. The molecule has 0 bridgehead atoms. The van der Waals surface area contributed by atoms with Crippen LogP contribution in [0.1, 0.15) is 19.4 Å². The second-order valence-electron chi connectivity index (χ2n) is 4.42. The fourth-order valence-electron chi connectivity index (χ4n) is 1.88. The number of fused-ring (bicyclic) bond motifs is 1. The average molecular weight is 276 g/mol. The van der Waals surface area contributed by atoms with Gasteiger partial charge in [0.25, 0.3) is 0 Å². The Morgan fingerprint density at radius 2 is 2.10 bits per heavy atom. The summed E-state index contributed by atoms with van der Waals surface area (Å²) < 4.78 is 15.5. The molecule has 1 aromatic carbocycles. The number of carbonyl (C=O) groups excluding carboxylic acids is 1. The van der Waals surface area contributed by atoms with Crippen molar-refractivity contribution < 1.29 is 18.7 Å². The van der Waals surface area contributed by atoms with Crippen LogP contribution in [-0.2, 0) is 9.53 Å². The molecule has 2 aromatic rings. The zero-order chi connectivity index (χ0) is 14.7. The van der Waals surface area contributed by atoms with Crippen molar-refractivity contribution in [1.82, 2.24) is 0 Å². The highest BCUT2D eigenvalue weighted by atomic mass is 16.6. The standard InChI is InChI=1S/C15H16O5/c1-4-18-15(17)10(3)19-11-5-6-13-12(8-11)9(2)7-14(16)20-13/h5-8,10H,4H2,1-3H3/t10-/m1/s1. The van der Waals surface area contributed by atoms with Gasteiger partial charge in [0.2, 0.25) is 0 Å². The summed E-state index contributed by atoms with van der Waals surface area (Å²) in [6, 6.07) is 6.46. The zero-order valence-electron chi connectivity index (χ0n) is 11.6. The topological polar surface area (TPSA) is 65.7 Å². The van der Waals surface area contributed by atoms with Gasteiger partial charge in [-0.3, -0.25) is 0 Å². The molecule has 1 heterocycles. The number of benzene rings is 1. The van der Waals surface area contributed by atoms with Gasteiger partial charge < -0.3 is 13.9 Å². The summed E-state index contributed by atoms with van der Waals surface area (Å²) in [6.07, 6.45) is -0.691. The van der Waals surface area contributed by atoms with Crippen molar-refractivity contribution >= 4 is 16.9 Å². The molecule has 0 radical (unpaired) electrons. The van der Waals surface area contributed by atoms with Crippen molar-refractivity contribution in [2.45, 2.75) is 26.9 Å². The zero-order valence-corrected chi connectivity index (χ0v) is 11.6. The van der Waals surface area contributed by atoms with Crippen LogP contribution in [0.15, 0.2) is 33.5 Å². The molecular weight excluding hydrogens is 260 g/mol. The Morgan fingerprint density at radius 3 is 2.80 bits per heavy atom. The van der Waals surface area contributed by atoms with Gasteiger partial charge in [-0.1, -0.05) is 0 Å². The Morgan fingerprint density at radius 1 is 1.35 bits per heavy atom. The van der Waals surface area contributed by atoms with Crippen LogP contribution in [0, 0.1) is 6.92 Å². The summed E-state index contributed by atoms with van der Waals surface area (Å²) >= 11 is 0. The van der Waals surface area contributed by atoms with Crippen LogP contribution in [0.4, 0.5) is 0 Å². The maximum Gasteiger partial charge on any atom is 0.347 e. The highest BCUT2D eigenvalue weighted by Crippen LogP contribution is 2.23. The first-order valence-electron chi connectivity index (χ1n) is 6.39. The Bertz CT molecular complexity index is 686. The van der Waals surface area contributed by atoms with Crippen LogP contribution < -0.4 is 10.4 Å². The Labute approximate surface area is 116 Å². The third-order valence-corrected chi connectivity index (χ3v) is 2.85. The molecule has 0 fully saturated rings. The minimum Gasteiger partial charge on any atom is -0.479 e. The van der Waals surface area contributed by atoms with E-state index < -0.39 is 12.1 Å². The van der Waals surface area contributed by atoms with Crippen molar-refractivity contribution in [3.8, 4) is 5.75 Å². The summed E-state index contributed by atoms with van der Waals surface area (Å²) in [5, 5.41) is 0.776.